The zero-order chi connectivity index (χ0) is 23.4. The Labute approximate surface area is 193 Å². The highest BCUT2D eigenvalue weighted by atomic mass is 16.1. The number of nitrogens with one attached hydrogen (secondary N) is 1. The lowest BCUT2D eigenvalue weighted by Gasteiger charge is -2.13. The van der Waals surface area contributed by atoms with E-state index in [0.717, 1.165) is 34.0 Å². The van der Waals surface area contributed by atoms with Crippen LogP contribution in [0, 0.1) is 6.92 Å². The molecular formula is C25H27N7O. The molecule has 8 nitrogen and oxygen atoms in total. The van der Waals surface area contributed by atoms with Crippen LogP contribution in [0.1, 0.15) is 34.2 Å². The summed E-state index contributed by atoms with van der Waals surface area (Å²) in [6.07, 6.45) is 2.43. The molecule has 2 heterocycles. The number of benzene rings is 2. The predicted octanol–water partition coefficient (Wildman–Crippen LogP) is 3.59. The third-order valence-electron chi connectivity index (χ3n) is 5.38. The molecule has 0 saturated carbocycles. The van der Waals surface area contributed by atoms with Crippen LogP contribution in [0.15, 0.2) is 60.8 Å². The van der Waals surface area contributed by atoms with Crippen molar-refractivity contribution < 1.29 is 4.79 Å². The third kappa shape index (κ3) is 5.06. The van der Waals surface area contributed by atoms with Gasteiger partial charge in [-0.3, -0.25) is 4.79 Å². The number of carbonyl (C=O) groups is 1. The SMILES string of the molecule is CCc1nnnn1-c1cc(C(=O)NCc2ccnc(N(C)C)c2)cc(-c2ccc(C)cc2)c1. The molecule has 0 aliphatic heterocycles. The number of pyridine rings is 1. The summed E-state index contributed by atoms with van der Waals surface area (Å²) < 4.78 is 1.68. The van der Waals surface area contributed by atoms with Crippen LogP contribution in [-0.4, -0.2) is 45.2 Å². The average Bonchev–Trinajstić information content (AvgIpc) is 3.32. The van der Waals surface area contributed by atoms with Crippen molar-refractivity contribution in [1.82, 2.24) is 30.5 Å². The van der Waals surface area contributed by atoms with Gasteiger partial charge in [-0.2, -0.15) is 4.68 Å². The van der Waals surface area contributed by atoms with E-state index in [1.807, 2.05) is 56.3 Å². The molecule has 0 unspecified atom stereocenters. The number of hydrogen-bond acceptors (Lipinski definition) is 6. The van der Waals surface area contributed by atoms with Crippen LogP contribution in [0.3, 0.4) is 0 Å². The summed E-state index contributed by atoms with van der Waals surface area (Å²) in [5, 5.41) is 15.1. The van der Waals surface area contributed by atoms with E-state index in [2.05, 4.69) is 57.0 Å². The Bertz CT molecular complexity index is 1260. The van der Waals surface area contributed by atoms with Gasteiger partial charge in [-0.1, -0.05) is 36.8 Å². The lowest BCUT2D eigenvalue weighted by molar-refractivity contribution is 0.0951. The molecule has 2 aromatic heterocycles. The Morgan fingerprint density at radius 1 is 1.03 bits per heavy atom. The van der Waals surface area contributed by atoms with Crippen LogP contribution in [-0.2, 0) is 13.0 Å². The maximum absolute atomic E-state index is 13.2. The van der Waals surface area contributed by atoms with Gasteiger partial charge in [0.2, 0.25) is 0 Å². The minimum Gasteiger partial charge on any atom is -0.363 e. The summed E-state index contributed by atoms with van der Waals surface area (Å²) >= 11 is 0. The number of rotatable bonds is 7. The van der Waals surface area contributed by atoms with Crippen LogP contribution in [0.2, 0.25) is 0 Å². The molecule has 0 spiro atoms. The summed E-state index contributed by atoms with van der Waals surface area (Å²) in [4.78, 5) is 19.4. The first kappa shape index (κ1) is 22.1. The number of nitrogens with zero attached hydrogens (tertiary/aromatic N) is 6. The summed E-state index contributed by atoms with van der Waals surface area (Å²) in [6, 6.07) is 17.8. The topological polar surface area (TPSA) is 88.8 Å². The van der Waals surface area contributed by atoms with E-state index >= 15 is 0 Å². The molecule has 1 amide bonds. The molecule has 8 heteroatoms. The zero-order valence-electron chi connectivity index (χ0n) is 19.3. The first-order chi connectivity index (χ1) is 15.9. The van der Waals surface area contributed by atoms with Crippen LogP contribution < -0.4 is 10.2 Å². The Kier molecular flexibility index (Phi) is 6.44. The van der Waals surface area contributed by atoms with Gasteiger partial charge in [-0.25, -0.2) is 4.98 Å². The molecule has 0 saturated heterocycles. The maximum Gasteiger partial charge on any atom is 0.251 e. The first-order valence-electron chi connectivity index (χ1n) is 10.8. The second-order valence-corrected chi connectivity index (χ2v) is 8.09. The number of tetrazole rings is 1. The largest absolute Gasteiger partial charge is 0.363 e. The highest BCUT2D eigenvalue weighted by Crippen LogP contribution is 2.25. The van der Waals surface area contributed by atoms with Gasteiger partial charge >= 0.3 is 0 Å². The van der Waals surface area contributed by atoms with Crippen molar-refractivity contribution in [2.24, 2.45) is 0 Å². The number of aromatic nitrogens is 5. The van der Waals surface area contributed by atoms with Gasteiger partial charge in [0, 0.05) is 38.8 Å². The summed E-state index contributed by atoms with van der Waals surface area (Å²) in [7, 11) is 3.87. The van der Waals surface area contributed by atoms with Crippen LogP contribution >= 0.6 is 0 Å². The van der Waals surface area contributed by atoms with Crippen molar-refractivity contribution in [2.75, 3.05) is 19.0 Å². The number of amides is 1. The molecule has 0 fully saturated rings. The Balaban J connectivity index is 1.67. The Hall–Kier alpha value is -4.07. The fraction of sp³-hybridized carbons (Fsp3) is 0.240. The molecule has 4 rings (SSSR count). The minimum atomic E-state index is -0.167. The molecule has 0 radical (unpaired) electrons. The van der Waals surface area contributed by atoms with Gasteiger partial charge in [-0.15, -0.1) is 5.10 Å². The number of hydrogen-bond donors (Lipinski definition) is 1. The molecule has 0 aliphatic carbocycles. The fourth-order valence-electron chi connectivity index (χ4n) is 3.50. The first-order valence-corrected chi connectivity index (χ1v) is 10.8. The summed E-state index contributed by atoms with van der Waals surface area (Å²) in [5.41, 5.74) is 5.39. The Morgan fingerprint density at radius 2 is 1.82 bits per heavy atom. The maximum atomic E-state index is 13.2. The molecule has 33 heavy (non-hydrogen) atoms. The molecule has 1 N–H and O–H groups in total. The highest BCUT2D eigenvalue weighted by Gasteiger charge is 2.14. The quantitative estimate of drug-likeness (QED) is 0.471. The van der Waals surface area contributed by atoms with Crippen molar-refractivity contribution in [2.45, 2.75) is 26.8 Å². The van der Waals surface area contributed by atoms with E-state index in [9.17, 15) is 4.79 Å². The normalized spacial score (nSPS) is 10.8. The fourth-order valence-corrected chi connectivity index (χ4v) is 3.50. The second-order valence-electron chi connectivity index (χ2n) is 8.09. The van der Waals surface area contributed by atoms with E-state index in [-0.39, 0.29) is 5.91 Å². The second kappa shape index (κ2) is 9.60. The van der Waals surface area contributed by atoms with E-state index < -0.39 is 0 Å². The van der Waals surface area contributed by atoms with Crippen molar-refractivity contribution in [3.05, 3.63) is 83.3 Å². The summed E-state index contributed by atoms with van der Waals surface area (Å²) in [5.74, 6) is 1.41. The lowest BCUT2D eigenvalue weighted by Crippen LogP contribution is -2.23. The smallest absolute Gasteiger partial charge is 0.251 e. The van der Waals surface area contributed by atoms with Gasteiger partial charge in [0.1, 0.15) is 5.82 Å². The monoisotopic (exact) mass is 441 g/mol. The van der Waals surface area contributed by atoms with Gasteiger partial charge in [0.05, 0.1) is 5.69 Å². The van der Waals surface area contributed by atoms with Gasteiger partial charge in [0.15, 0.2) is 5.82 Å². The van der Waals surface area contributed by atoms with Gasteiger partial charge in [-0.05, 0) is 64.4 Å². The molecule has 0 bridgehead atoms. The molecule has 0 aliphatic rings. The van der Waals surface area contributed by atoms with Crippen molar-refractivity contribution in [3.63, 3.8) is 0 Å². The molecule has 2 aromatic carbocycles. The molecule has 4 aromatic rings. The van der Waals surface area contributed by atoms with E-state index in [4.69, 9.17) is 0 Å². The molecular weight excluding hydrogens is 414 g/mol. The van der Waals surface area contributed by atoms with E-state index in [1.165, 1.54) is 5.56 Å². The van der Waals surface area contributed by atoms with Crippen molar-refractivity contribution in [3.8, 4) is 16.8 Å². The van der Waals surface area contributed by atoms with Crippen molar-refractivity contribution in [1.29, 1.82) is 0 Å². The van der Waals surface area contributed by atoms with Crippen molar-refractivity contribution >= 4 is 11.7 Å². The highest BCUT2D eigenvalue weighted by molar-refractivity contribution is 5.96. The number of aryl methyl sites for hydroxylation is 2. The summed E-state index contributed by atoms with van der Waals surface area (Å²) in [6.45, 7) is 4.45. The third-order valence-corrected chi connectivity index (χ3v) is 5.38. The zero-order valence-corrected chi connectivity index (χ0v) is 19.3. The number of anilines is 1. The molecule has 168 valence electrons. The van der Waals surface area contributed by atoms with E-state index in [1.54, 1.807) is 10.9 Å². The Morgan fingerprint density at radius 3 is 2.55 bits per heavy atom. The average molecular weight is 442 g/mol. The minimum absolute atomic E-state index is 0.167. The van der Waals surface area contributed by atoms with Gasteiger partial charge in [0.25, 0.3) is 5.91 Å². The predicted molar refractivity (Wildman–Crippen MR) is 128 cm³/mol. The van der Waals surface area contributed by atoms with Crippen LogP contribution in [0.5, 0.6) is 0 Å². The lowest BCUT2D eigenvalue weighted by atomic mass is 10.0. The van der Waals surface area contributed by atoms with Crippen LogP contribution in [0.4, 0.5) is 5.82 Å². The van der Waals surface area contributed by atoms with Gasteiger partial charge < -0.3 is 10.2 Å². The van der Waals surface area contributed by atoms with Crippen LogP contribution in [0.25, 0.3) is 16.8 Å². The molecule has 0 atom stereocenters. The number of carbonyl (C=O) groups excluding carboxylic acids is 1. The standard InChI is InChI=1S/C25H27N7O/c1-5-23-28-29-30-32(23)22-14-20(19-8-6-17(2)7-9-19)13-21(15-22)25(33)27-16-18-10-11-26-24(12-18)31(3)4/h6-15H,5,16H2,1-4H3,(H,27,33). The van der Waals surface area contributed by atoms with E-state index in [0.29, 0.717) is 18.5 Å².